The third kappa shape index (κ3) is 4.37. The minimum atomic E-state index is 0. The average Bonchev–Trinajstić information content (AvgIpc) is 2.37. The molecule has 0 saturated carbocycles. The molecule has 0 aliphatic rings. The molecule has 1 atom stereocenters. The maximum Gasteiger partial charge on any atom is 0 e. The van der Waals surface area contributed by atoms with E-state index in [9.17, 15) is 0 Å². The first-order chi connectivity index (χ1) is 9.06. The molecule has 0 amide bonds. The molecule has 0 spiro atoms. The second kappa shape index (κ2) is 9.22. The van der Waals surface area contributed by atoms with E-state index in [0.717, 1.165) is 6.42 Å². The van der Waals surface area contributed by atoms with Crippen LogP contribution >= 0.6 is 0 Å². The second-order valence-corrected chi connectivity index (χ2v) is 5.45. The van der Waals surface area contributed by atoms with Gasteiger partial charge in [0.25, 0.3) is 0 Å². The van der Waals surface area contributed by atoms with Crippen LogP contribution in [0, 0.1) is 18.9 Å². The van der Waals surface area contributed by atoms with Crippen LogP contribution in [0.3, 0.4) is 0 Å². The van der Waals surface area contributed by atoms with E-state index >= 15 is 0 Å². The van der Waals surface area contributed by atoms with Crippen molar-refractivity contribution in [3.8, 4) is 0 Å². The zero-order valence-electron chi connectivity index (χ0n) is 13.3. The molecular weight excluding hydrogens is 280 g/mol. The van der Waals surface area contributed by atoms with E-state index in [1.54, 1.807) is 0 Å². The summed E-state index contributed by atoms with van der Waals surface area (Å²) in [7, 11) is 0. The Morgan fingerprint density at radius 3 is 2.40 bits per heavy atom. The van der Waals surface area contributed by atoms with Crippen molar-refractivity contribution >= 4 is 0 Å². The fraction of sp³-hybridized carbons (Fsp3) is 0.474. The van der Waals surface area contributed by atoms with Crippen LogP contribution in [0.2, 0.25) is 0 Å². The van der Waals surface area contributed by atoms with Gasteiger partial charge in [-0.1, -0.05) is 45.3 Å². The van der Waals surface area contributed by atoms with Gasteiger partial charge in [0.05, 0.1) is 0 Å². The molecule has 0 bridgehead atoms. The minimum Gasteiger partial charge on any atom is -0.180 e. The van der Waals surface area contributed by atoms with Crippen LogP contribution in [-0.4, -0.2) is 0 Å². The Bertz CT molecular complexity index is 441. The van der Waals surface area contributed by atoms with Crippen LogP contribution in [0.4, 0.5) is 0 Å². The Hall–Kier alpha value is -0.768. The van der Waals surface area contributed by atoms with E-state index in [1.807, 2.05) is 12.1 Å². The second-order valence-electron chi connectivity index (χ2n) is 5.45. The van der Waals surface area contributed by atoms with Gasteiger partial charge in [0.15, 0.2) is 0 Å². The summed E-state index contributed by atoms with van der Waals surface area (Å²) in [6.07, 6.45) is 5.24. The van der Waals surface area contributed by atoms with E-state index in [-0.39, 0.29) is 17.4 Å². The van der Waals surface area contributed by atoms with E-state index in [2.05, 4.69) is 53.0 Å². The van der Waals surface area contributed by atoms with Crippen LogP contribution in [-0.2, 0) is 23.8 Å². The Balaban J connectivity index is 0.00000361. The van der Waals surface area contributed by atoms with Crippen molar-refractivity contribution in [3.05, 3.63) is 59.7 Å². The normalized spacial score (nSPS) is 11.8. The van der Waals surface area contributed by atoms with Crippen molar-refractivity contribution in [2.75, 3.05) is 0 Å². The largest absolute Gasteiger partial charge is 0.180 e. The van der Waals surface area contributed by atoms with Gasteiger partial charge in [-0.3, -0.25) is 0 Å². The first-order valence-corrected chi connectivity index (χ1v) is 7.33. The van der Waals surface area contributed by atoms with Crippen molar-refractivity contribution in [1.29, 1.82) is 0 Å². The van der Waals surface area contributed by atoms with Gasteiger partial charge in [0.1, 0.15) is 0 Å². The summed E-state index contributed by atoms with van der Waals surface area (Å²) < 4.78 is 0. The molecule has 1 aromatic carbocycles. The SMILES string of the molecule is C=CCc1[c-]ccc(C)c1C(C(=C)C)C(CC)CC.[Cr]. The van der Waals surface area contributed by atoms with Gasteiger partial charge in [0.2, 0.25) is 0 Å². The smallest absolute Gasteiger partial charge is 0 e. The number of aryl methyl sites for hydroxylation is 1. The van der Waals surface area contributed by atoms with Crippen LogP contribution in [0.1, 0.15) is 56.2 Å². The van der Waals surface area contributed by atoms with Gasteiger partial charge >= 0.3 is 0 Å². The van der Waals surface area contributed by atoms with Crippen molar-refractivity contribution in [3.63, 3.8) is 0 Å². The van der Waals surface area contributed by atoms with E-state index in [4.69, 9.17) is 0 Å². The van der Waals surface area contributed by atoms with E-state index in [0.29, 0.717) is 11.8 Å². The molecular formula is C19H27Cr-. The summed E-state index contributed by atoms with van der Waals surface area (Å²) in [4.78, 5) is 0. The topological polar surface area (TPSA) is 0 Å². The van der Waals surface area contributed by atoms with Crippen molar-refractivity contribution in [1.82, 2.24) is 0 Å². The molecule has 0 fully saturated rings. The summed E-state index contributed by atoms with van der Waals surface area (Å²) in [6.45, 7) is 17.0. The summed E-state index contributed by atoms with van der Waals surface area (Å²) in [5.74, 6) is 1.11. The zero-order chi connectivity index (χ0) is 14.4. The Morgan fingerprint density at radius 2 is 1.95 bits per heavy atom. The van der Waals surface area contributed by atoms with Crippen LogP contribution < -0.4 is 0 Å². The molecule has 0 radical (unpaired) electrons. The monoisotopic (exact) mass is 307 g/mol. The first-order valence-electron chi connectivity index (χ1n) is 7.33. The van der Waals surface area contributed by atoms with Crippen molar-refractivity contribution < 1.29 is 17.4 Å². The minimum absolute atomic E-state index is 0. The molecule has 20 heavy (non-hydrogen) atoms. The van der Waals surface area contributed by atoms with Crippen LogP contribution in [0.5, 0.6) is 0 Å². The fourth-order valence-corrected chi connectivity index (χ4v) is 3.06. The van der Waals surface area contributed by atoms with Gasteiger partial charge in [-0.2, -0.15) is 29.3 Å². The van der Waals surface area contributed by atoms with E-state index in [1.165, 1.54) is 35.1 Å². The molecule has 0 saturated heterocycles. The maximum absolute atomic E-state index is 4.25. The average molecular weight is 307 g/mol. The molecule has 1 unspecified atom stereocenters. The van der Waals surface area contributed by atoms with E-state index < -0.39 is 0 Å². The third-order valence-corrected chi connectivity index (χ3v) is 4.05. The summed E-state index contributed by atoms with van der Waals surface area (Å²) in [5, 5.41) is 0. The van der Waals surface area contributed by atoms with Gasteiger partial charge < -0.3 is 0 Å². The number of rotatable bonds is 7. The Morgan fingerprint density at radius 1 is 1.35 bits per heavy atom. The van der Waals surface area contributed by atoms with Gasteiger partial charge in [-0.15, -0.1) is 18.7 Å². The standard InChI is InChI=1S/C19H27.Cr/c1-7-11-17-13-10-12-15(6)19(17)18(14(4)5)16(8-2)9-3;/h7,10,12,16,18H,1,4,8-9,11H2,2-3,5-6H3;/q-1;. The van der Waals surface area contributed by atoms with Crippen molar-refractivity contribution in [2.45, 2.75) is 52.9 Å². The first kappa shape index (κ1) is 19.2. The molecule has 0 aliphatic carbocycles. The fourth-order valence-electron chi connectivity index (χ4n) is 3.06. The van der Waals surface area contributed by atoms with Crippen molar-refractivity contribution in [2.24, 2.45) is 5.92 Å². The number of benzene rings is 1. The van der Waals surface area contributed by atoms with Gasteiger partial charge in [-0.25, -0.2) is 0 Å². The summed E-state index contributed by atoms with van der Waals surface area (Å²) in [6, 6.07) is 7.60. The number of hydrogen-bond acceptors (Lipinski definition) is 0. The molecule has 0 nitrogen and oxygen atoms in total. The zero-order valence-corrected chi connectivity index (χ0v) is 14.6. The molecule has 0 aromatic heterocycles. The Labute approximate surface area is 136 Å². The third-order valence-electron chi connectivity index (χ3n) is 4.05. The summed E-state index contributed by atoms with van der Waals surface area (Å²) >= 11 is 0. The Kier molecular flexibility index (Phi) is 8.87. The number of hydrogen-bond donors (Lipinski definition) is 0. The quantitative estimate of drug-likeness (QED) is 0.453. The molecule has 1 rings (SSSR count). The molecule has 0 aliphatic heterocycles. The van der Waals surface area contributed by atoms with Gasteiger partial charge in [-0.05, 0) is 25.2 Å². The predicted molar refractivity (Wildman–Crippen MR) is 85.5 cm³/mol. The van der Waals surface area contributed by atoms with Crippen LogP contribution in [0.15, 0.2) is 36.9 Å². The molecule has 0 N–H and O–H groups in total. The number of allylic oxidation sites excluding steroid dienone is 2. The maximum atomic E-state index is 4.25. The molecule has 0 heterocycles. The molecule has 1 heteroatoms. The summed E-state index contributed by atoms with van der Waals surface area (Å²) in [5.41, 5.74) is 5.34. The molecule has 110 valence electrons. The molecule has 1 aromatic rings. The van der Waals surface area contributed by atoms with Gasteiger partial charge in [0, 0.05) is 17.4 Å². The predicted octanol–water partition coefficient (Wildman–Crippen LogP) is 5.62. The van der Waals surface area contributed by atoms with Crippen LogP contribution in [0.25, 0.3) is 0 Å².